The van der Waals surface area contributed by atoms with E-state index in [0.717, 1.165) is 18.1 Å². The molecule has 0 aliphatic carbocycles. The summed E-state index contributed by atoms with van der Waals surface area (Å²) in [6, 6.07) is 9.22. The summed E-state index contributed by atoms with van der Waals surface area (Å²) in [4.78, 5) is 21.2. The molecule has 8 nitrogen and oxygen atoms in total. The van der Waals surface area contributed by atoms with Crippen LogP contribution in [0.1, 0.15) is 19.5 Å². The lowest BCUT2D eigenvalue weighted by molar-refractivity contribution is -0.133. The average Bonchev–Trinajstić information content (AvgIpc) is 2.64. The van der Waals surface area contributed by atoms with Crippen molar-refractivity contribution in [1.29, 1.82) is 0 Å². The van der Waals surface area contributed by atoms with Crippen molar-refractivity contribution in [2.24, 2.45) is 0 Å². The van der Waals surface area contributed by atoms with Crippen LogP contribution in [-0.2, 0) is 4.79 Å². The Bertz CT molecular complexity index is 799. The second-order valence-corrected chi connectivity index (χ2v) is 6.27. The van der Waals surface area contributed by atoms with Gasteiger partial charge in [-0.2, -0.15) is 4.98 Å². The molecule has 3 rings (SSSR count). The summed E-state index contributed by atoms with van der Waals surface area (Å²) < 4.78 is 11.6. The second kappa shape index (κ2) is 8.57. The lowest BCUT2D eigenvalue weighted by Gasteiger charge is -2.31. The van der Waals surface area contributed by atoms with E-state index in [2.05, 4.69) is 25.9 Å². The van der Waals surface area contributed by atoms with E-state index >= 15 is 0 Å². The molecule has 1 amide bonds. The number of ether oxygens (including phenoxy) is 2. The number of aromatic nitrogens is 2. The maximum atomic E-state index is 12.4. The number of para-hydroxylation sites is 2. The summed E-state index contributed by atoms with van der Waals surface area (Å²) in [6.07, 6.45) is -1.05. The number of hydrogen-bond acceptors (Lipinski definition) is 7. The molecule has 2 atom stereocenters. The smallest absolute Gasteiger partial charge is 0.265 e. The third-order valence-corrected chi connectivity index (χ3v) is 4.02. The molecule has 1 aliphatic rings. The standard InChI is InChI=1S/C19H25N5O3/c1-4-20-16-11-12(2)23-19(24-16)22-10-9-21-18(25)17-13(3)26-14-7-5-6-8-15(14)27-17/h5-8,11,13,17H,4,9-10H2,1-3H3,(H,21,25)(H2,20,22,23,24). The van der Waals surface area contributed by atoms with Gasteiger partial charge in [0.15, 0.2) is 11.5 Å². The molecule has 0 radical (unpaired) electrons. The molecule has 1 aromatic carbocycles. The van der Waals surface area contributed by atoms with Crippen LogP contribution in [0.15, 0.2) is 30.3 Å². The Hall–Kier alpha value is -3.03. The lowest BCUT2D eigenvalue weighted by Crippen LogP contribution is -2.49. The van der Waals surface area contributed by atoms with Crippen LogP contribution in [0.5, 0.6) is 11.5 Å². The van der Waals surface area contributed by atoms with Crippen LogP contribution >= 0.6 is 0 Å². The largest absolute Gasteiger partial charge is 0.482 e. The molecule has 3 N–H and O–H groups in total. The van der Waals surface area contributed by atoms with Crippen molar-refractivity contribution < 1.29 is 14.3 Å². The van der Waals surface area contributed by atoms with Gasteiger partial charge in [-0.3, -0.25) is 4.79 Å². The molecule has 27 heavy (non-hydrogen) atoms. The molecular formula is C19H25N5O3. The van der Waals surface area contributed by atoms with Crippen LogP contribution in [0.25, 0.3) is 0 Å². The topological polar surface area (TPSA) is 97.4 Å². The van der Waals surface area contributed by atoms with Gasteiger partial charge in [-0.1, -0.05) is 12.1 Å². The number of anilines is 2. The van der Waals surface area contributed by atoms with Gasteiger partial charge in [-0.25, -0.2) is 4.98 Å². The highest BCUT2D eigenvalue weighted by Gasteiger charge is 2.33. The Morgan fingerprint density at radius 3 is 2.59 bits per heavy atom. The summed E-state index contributed by atoms with van der Waals surface area (Å²) in [7, 11) is 0. The number of nitrogens with zero attached hydrogens (tertiary/aromatic N) is 2. The number of hydrogen-bond donors (Lipinski definition) is 3. The first-order valence-corrected chi connectivity index (χ1v) is 9.10. The van der Waals surface area contributed by atoms with E-state index in [1.807, 2.05) is 45.0 Å². The summed E-state index contributed by atoms with van der Waals surface area (Å²) in [6.45, 7) is 7.45. The number of fused-ring (bicyclic) bond motifs is 1. The molecule has 2 unspecified atom stereocenters. The highest BCUT2D eigenvalue weighted by Crippen LogP contribution is 2.33. The molecule has 1 aromatic heterocycles. The molecule has 0 fully saturated rings. The lowest BCUT2D eigenvalue weighted by atomic mass is 10.1. The average molecular weight is 371 g/mol. The molecule has 0 saturated heterocycles. The fourth-order valence-corrected chi connectivity index (χ4v) is 2.79. The second-order valence-electron chi connectivity index (χ2n) is 6.27. The van der Waals surface area contributed by atoms with Gasteiger partial charge >= 0.3 is 0 Å². The Morgan fingerprint density at radius 2 is 1.85 bits per heavy atom. The van der Waals surface area contributed by atoms with E-state index in [1.54, 1.807) is 6.07 Å². The minimum absolute atomic E-state index is 0.211. The molecule has 8 heteroatoms. The highest BCUT2D eigenvalue weighted by molar-refractivity contribution is 5.82. The van der Waals surface area contributed by atoms with Gasteiger partial charge in [-0.15, -0.1) is 0 Å². The van der Waals surface area contributed by atoms with E-state index in [9.17, 15) is 4.79 Å². The summed E-state index contributed by atoms with van der Waals surface area (Å²) in [5.74, 6) is 2.33. The van der Waals surface area contributed by atoms with Gasteiger partial charge in [0, 0.05) is 31.4 Å². The minimum Gasteiger partial charge on any atom is -0.482 e. The summed E-state index contributed by atoms with van der Waals surface area (Å²) >= 11 is 0. The zero-order valence-electron chi connectivity index (χ0n) is 15.8. The number of rotatable bonds is 7. The van der Waals surface area contributed by atoms with Crippen LogP contribution < -0.4 is 25.4 Å². The van der Waals surface area contributed by atoms with E-state index < -0.39 is 6.10 Å². The van der Waals surface area contributed by atoms with E-state index in [1.165, 1.54) is 0 Å². The number of carbonyl (C=O) groups excluding carboxylic acids is 1. The minimum atomic E-state index is -0.685. The zero-order chi connectivity index (χ0) is 19.2. The van der Waals surface area contributed by atoms with Crippen LogP contribution in [0, 0.1) is 6.92 Å². The van der Waals surface area contributed by atoms with E-state index in [-0.39, 0.29) is 12.0 Å². The zero-order valence-corrected chi connectivity index (χ0v) is 15.8. The molecule has 1 aliphatic heterocycles. The third-order valence-electron chi connectivity index (χ3n) is 4.02. The molecule has 2 heterocycles. The Labute approximate surface area is 158 Å². The van der Waals surface area contributed by atoms with Gasteiger partial charge in [0.1, 0.15) is 11.9 Å². The van der Waals surface area contributed by atoms with Gasteiger partial charge in [-0.05, 0) is 32.9 Å². The van der Waals surface area contributed by atoms with Crippen LogP contribution in [0.4, 0.5) is 11.8 Å². The van der Waals surface area contributed by atoms with E-state index in [4.69, 9.17) is 9.47 Å². The van der Waals surface area contributed by atoms with Gasteiger partial charge in [0.05, 0.1) is 0 Å². The van der Waals surface area contributed by atoms with Gasteiger partial charge < -0.3 is 25.4 Å². The fourth-order valence-electron chi connectivity index (χ4n) is 2.79. The van der Waals surface area contributed by atoms with Gasteiger partial charge in [0.2, 0.25) is 12.1 Å². The van der Waals surface area contributed by atoms with Crippen molar-refractivity contribution in [1.82, 2.24) is 15.3 Å². The molecule has 2 aromatic rings. The summed E-state index contributed by atoms with van der Waals surface area (Å²) in [5.41, 5.74) is 0.868. The maximum Gasteiger partial charge on any atom is 0.265 e. The van der Waals surface area contributed by atoms with Crippen molar-refractivity contribution in [2.45, 2.75) is 33.0 Å². The van der Waals surface area contributed by atoms with Crippen molar-refractivity contribution in [3.63, 3.8) is 0 Å². The van der Waals surface area contributed by atoms with Gasteiger partial charge in [0.25, 0.3) is 5.91 Å². The van der Waals surface area contributed by atoms with Crippen molar-refractivity contribution in [2.75, 3.05) is 30.3 Å². The first-order chi connectivity index (χ1) is 13.1. The quantitative estimate of drug-likeness (QED) is 0.640. The first-order valence-electron chi connectivity index (χ1n) is 9.10. The van der Waals surface area contributed by atoms with Crippen molar-refractivity contribution >= 4 is 17.7 Å². The maximum absolute atomic E-state index is 12.4. The highest BCUT2D eigenvalue weighted by atomic mass is 16.6. The molecule has 144 valence electrons. The Balaban J connectivity index is 1.49. The molecule has 0 saturated carbocycles. The predicted octanol–water partition coefficient (Wildman–Crippen LogP) is 1.97. The normalized spacial score (nSPS) is 17.9. The number of carbonyl (C=O) groups is 1. The molecular weight excluding hydrogens is 346 g/mol. The number of nitrogens with one attached hydrogen (secondary N) is 3. The van der Waals surface area contributed by atoms with Crippen LogP contribution in [0.3, 0.4) is 0 Å². The van der Waals surface area contributed by atoms with Crippen molar-refractivity contribution in [3.05, 3.63) is 36.0 Å². The third kappa shape index (κ3) is 4.78. The Morgan fingerprint density at radius 1 is 1.11 bits per heavy atom. The first kappa shape index (κ1) is 18.8. The number of amides is 1. The van der Waals surface area contributed by atoms with Crippen LogP contribution in [-0.4, -0.2) is 47.7 Å². The van der Waals surface area contributed by atoms with Crippen LogP contribution in [0.2, 0.25) is 0 Å². The molecule has 0 bridgehead atoms. The van der Waals surface area contributed by atoms with Crippen molar-refractivity contribution in [3.8, 4) is 11.5 Å². The summed E-state index contributed by atoms with van der Waals surface area (Å²) in [5, 5.41) is 9.14. The number of aryl methyl sites for hydroxylation is 1. The molecule has 0 spiro atoms. The predicted molar refractivity (Wildman–Crippen MR) is 103 cm³/mol. The fraction of sp³-hybridized carbons (Fsp3) is 0.421. The van der Waals surface area contributed by atoms with E-state index in [0.29, 0.717) is 30.5 Å². The monoisotopic (exact) mass is 371 g/mol. The SMILES string of the molecule is CCNc1cc(C)nc(NCCNC(=O)C2Oc3ccccc3OC2C)n1. The number of benzene rings is 1. The Kier molecular flexibility index (Phi) is 5.95.